The first-order valence-electron chi connectivity index (χ1n) is 3.86. The number of hydrogen-bond donors (Lipinski definition) is 2. The minimum Gasteiger partial charge on any atom is -0.367 e. The van der Waals surface area contributed by atoms with Gasteiger partial charge in [-0.3, -0.25) is 4.79 Å². The Morgan fingerprint density at radius 3 is 2.82 bits per heavy atom. The van der Waals surface area contributed by atoms with Crippen molar-refractivity contribution in [1.82, 2.24) is 5.32 Å². The maximum absolute atomic E-state index is 11.0. The molecule has 1 heterocycles. The third-order valence-electron chi connectivity index (χ3n) is 2.09. The first kappa shape index (κ1) is 8.49. The highest BCUT2D eigenvalue weighted by molar-refractivity contribution is 5.83. The summed E-state index contributed by atoms with van der Waals surface area (Å²) >= 11 is 0. The first-order chi connectivity index (χ1) is 5.21. The van der Waals surface area contributed by atoms with Crippen molar-refractivity contribution < 1.29 is 9.53 Å². The van der Waals surface area contributed by atoms with Gasteiger partial charge in [-0.25, -0.2) is 0 Å². The quantitative estimate of drug-likeness (QED) is 0.555. The number of hydrogen-bond acceptors (Lipinski definition) is 3. The smallest absolute Gasteiger partial charge is 0.251 e. The predicted octanol–water partition coefficient (Wildman–Crippen LogP) is -0.760. The Bertz CT molecular complexity index is 153. The van der Waals surface area contributed by atoms with Crippen molar-refractivity contribution in [2.24, 2.45) is 5.73 Å². The molecule has 1 amide bonds. The van der Waals surface area contributed by atoms with Gasteiger partial charge in [0.15, 0.2) is 5.60 Å². The molecule has 0 saturated carbocycles. The number of amides is 1. The largest absolute Gasteiger partial charge is 0.367 e. The lowest BCUT2D eigenvalue weighted by molar-refractivity contribution is -0.147. The second kappa shape index (κ2) is 3.19. The summed E-state index contributed by atoms with van der Waals surface area (Å²) in [6.45, 7) is 3.81. The summed E-state index contributed by atoms with van der Waals surface area (Å²) in [5.74, 6) is -0.368. The van der Waals surface area contributed by atoms with E-state index < -0.39 is 5.60 Å². The Labute approximate surface area is 66.1 Å². The van der Waals surface area contributed by atoms with Crippen molar-refractivity contribution in [2.45, 2.75) is 18.9 Å². The molecule has 0 radical (unpaired) electrons. The minimum absolute atomic E-state index is 0.368. The van der Waals surface area contributed by atoms with E-state index in [1.807, 2.05) is 6.92 Å². The third kappa shape index (κ3) is 1.52. The van der Waals surface area contributed by atoms with Gasteiger partial charge in [0.1, 0.15) is 0 Å². The normalized spacial score (nSPS) is 31.7. The zero-order valence-electron chi connectivity index (χ0n) is 6.72. The van der Waals surface area contributed by atoms with E-state index in [1.54, 1.807) is 0 Å². The summed E-state index contributed by atoms with van der Waals surface area (Å²) in [7, 11) is 0. The van der Waals surface area contributed by atoms with Crippen LogP contribution in [0.3, 0.4) is 0 Å². The van der Waals surface area contributed by atoms with Crippen LogP contribution >= 0.6 is 0 Å². The fourth-order valence-electron chi connectivity index (χ4n) is 1.22. The van der Waals surface area contributed by atoms with Crippen LogP contribution < -0.4 is 11.1 Å². The fourth-order valence-corrected chi connectivity index (χ4v) is 1.22. The van der Waals surface area contributed by atoms with Crippen molar-refractivity contribution in [2.75, 3.05) is 19.7 Å². The van der Waals surface area contributed by atoms with Gasteiger partial charge < -0.3 is 15.8 Å². The van der Waals surface area contributed by atoms with E-state index in [4.69, 9.17) is 10.5 Å². The van der Waals surface area contributed by atoms with E-state index in [2.05, 4.69) is 5.32 Å². The molecule has 0 aromatic carbocycles. The molecule has 11 heavy (non-hydrogen) atoms. The van der Waals surface area contributed by atoms with E-state index in [9.17, 15) is 4.79 Å². The number of morpholine rings is 1. The van der Waals surface area contributed by atoms with Crippen LogP contribution in [0.25, 0.3) is 0 Å². The SMILES string of the molecule is CCC1(C(N)=O)CNCCO1. The molecule has 1 rings (SSSR count). The van der Waals surface area contributed by atoms with Crippen molar-refractivity contribution in [3.8, 4) is 0 Å². The van der Waals surface area contributed by atoms with Crippen LogP contribution in [0.5, 0.6) is 0 Å². The van der Waals surface area contributed by atoms with Crippen molar-refractivity contribution >= 4 is 5.91 Å². The van der Waals surface area contributed by atoms with E-state index in [0.717, 1.165) is 6.54 Å². The molecule has 1 atom stereocenters. The average Bonchev–Trinajstić information content (AvgIpc) is 2.05. The summed E-state index contributed by atoms with van der Waals surface area (Å²) < 4.78 is 5.34. The highest BCUT2D eigenvalue weighted by atomic mass is 16.5. The number of nitrogens with one attached hydrogen (secondary N) is 1. The maximum atomic E-state index is 11.0. The molecule has 4 nitrogen and oxygen atoms in total. The Hall–Kier alpha value is -0.610. The minimum atomic E-state index is -0.752. The molecule has 0 aliphatic carbocycles. The summed E-state index contributed by atoms with van der Waals surface area (Å²) in [5.41, 5.74) is 4.46. The fraction of sp³-hybridized carbons (Fsp3) is 0.857. The molecule has 3 N–H and O–H groups in total. The molecule has 4 heteroatoms. The molecule has 0 aromatic rings. The van der Waals surface area contributed by atoms with Gasteiger partial charge in [-0.1, -0.05) is 6.92 Å². The van der Waals surface area contributed by atoms with E-state index in [0.29, 0.717) is 19.6 Å². The second-order valence-electron chi connectivity index (χ2n) is 2.74. The Kier molecular flexibility index (Phi) is 2.46. The molecule has 1 saturated heterocycles. The zero-order chi connectivity index (χ0) is 8.32. The highest BCUT2D eigenvalue weighted by Crippen LogP contribution is 2.16. The van der Waals surface area contributed by atoms with Gasteiger partial charge in [0.05, 0.1) is 6.61 Å². The summed E-state index contributed by atoms with van der Waals surface area (Å²) in [5, 5.41) is 3.08. The standard InChI is InChI=1S/C7H14N2O2/c1-2-7(6(8)10)5-9-3-4-11-7/h9H,2-5H2,1H3,(H2,8,10). The van der Waals surface area contributed by atoms with Gasteiger partial charge in [0.2, 0.25) is 0 Å². The van der Waals surface area contributed by atoms with Crippen molar-refractivity contribution in [3.63, 3.8) is 0 Å². The van der Waals surface area contributed by atoms with Gasteiger partial charge in [-0.05, 0) is 6.42 Å². The highest BCUT2D eigenvalue weighted by Gasteiger charge is 2.37. The summed E-state index contributed by atoms with van der Waals surface area (Å²) in [4.78, 5) is 11.0. The molecule has 0 bridgehead atoms. The lowest BCUT2D eigenvalue weighted by Gasteiger charge is -2.33. The van der Waals surface area contributed by atoms with Crippen molar-refractivity contribution in [1.29, 1.82) is 0 Å². The molecule has 1 aliphatic rings. The van der Waals surface area contributed by atoms with E-state index in [1.165, 1.54) is 0 Å². The van der Waals surface area contributed by atoms with Gasteiger partial charge >= 0.3 is 0 Å². The van der Waals surface area contributed by atoms with Crippen LogP contribution in [0.15, 0.2) is 0 Å². The molecular formula is C7H14N2O2. The number of rotatable bonds is 2. The van der Waals surface area contributed by atoms with Gasteiger partial charge in [0, 0.05) is 13.1 Å². The molecule has 1 fully saturated rings. The molecule has 1 aliphatic heterocycles. The monoisotopic (exact) mass is 158 g/mol. The number of carbonyl (C=O) groups excluding carboxylic acids is 1. The van der Waals surface area contributed by atoms with Crippen LogP contribution in [0.1, 0.15) is 13.3 Å². The Balaban J connectivity index is 2.64. The molecule has 0 aromatic heterocycles. The Morgan fingerprint density at radius 2 is 2.55 bits per heavy atom. The lowest BCUT2D eigenvalue weighted by Crippen LogP contribution is -2.57. The van der Waals surface area contributed by atoms with Crippen molar-refractivity contribution in [3.05, 3.63) is 0 Å². The number of primary amides is 1. The van der Waals surface area contributed by atoms with Crippen LogP contribution in [-0.2, 0) is 9.53 Å². The van der Waals surface area contributed by atoms with E-state index in [-0.39, 0.29) is 5.91 Å². The summed E-state index contributed by atoms with van der Waals surface area (Å²) in [6.07, 6.45) is 0.634. The zero-order valence-corrected chi connectivity index (χ0v) is 6.72. The molecular weight excluding hydrogens is 144 g/mol. The van der Waals surface area contributed by atoms with Crippen LogP contribution in [-0.4, -0.2) is 31.2 Å². The maximum Gasteiger partial charge on any atom is 0.251 e. The summed E-state index contributed by atoms with van der Waals surface area (Å²) in [6, 6.07) is 0. The van der Waals surface area contributed by atoms with Gasteiger partial charge in [-0.15, -0.1) is 0 Å². The van der Waals surface area contributed by atoms with Crippen LogP contribution in [0, 0.1) is 0 Å². The lowest BCUT2D eigenvalue weighted by atomic mass is 9.98. The van der Waals surface area contributed by atoms with Crippen LogP contribution in [0.2, 0.25) is 0 Å². The average molecular weight is 158 g/mol. The molecule has 0 spiro atoms. The Morgan fingerprint density at radius 1 is 1.82 bits per heavy atom. The second-order valence-corrected chi connectivity index (χ2v) is 2.74. The topological polar surface area (TPSA) is 64.4 Å². The van der Waals surface area contributed by atoms with Crippen LogP contribution in [0.4, 0.5) is 0 Å². The predicted molar refractivity (Wildman–Crippen MR) is 41.0 cm³/mol. The first-order valence-corrected chi connectivity index (χ1v) is 3.86. The number of nitrogens with two attached hydrogens (primary N) is 1. The van der Waals surface area contributed by atoms with Gasteiger partial charge in [0.25, 0.3) is 5.91 Å². The third-order valence-corrected chi connectivity index (χ3v) is 2.09. The van der Waals surface area contributed by atoms with Gasteiger partial charge in [-0.2, -0.15) is 0 Å². The molecule has 1 unspecified atom stereocenters. The van der Waals surface area contributed by atoms with E-state index >= 15 is 0 Å². The number of carbonyl (C=O) groups is 1. The number of ether oxygens (including phenoxy) is 1. The molecule has 64 valence electrons.